The zero-order chi connectivity index (χ0) is 17.5. The molecule has 0 aliphatic carbocycles. The maximum atomic E-state index is 12.4. The van der Waals surface area contributed by atoms with E-state index in [0.29, 0.717) is 12.0 Å². The molecule has 0 heterocycles. The summed E-state index contributed by atoms with van der Waals surface area (Å²) in [5.74, 6) is -0.760. The van der Waals surface area contributed by atoms with E-state index in [1.807, 2.05) is 61.5 Å². The van der Waals surface area contributed by atoms with E-state index in [1.165, 1.54) is 7.11 Å². The Morgan fingerprint density at radius 3 is 2.21 bits per heavy atom. The zero-order valence-corrected chi connectivity index (χ0v) is 14.2. The van der Waals surface area contributed by atoms with Crippen LogP contribution >= 0.6 is 0 Å². The van der Waals surface area contributed by atoms with Crippen LogP contribution in [0, 0.1) is 0 Å². The Kier molecular flexibility index (Phi) is 5.95. The van der Waals surface area contributed by atoms with E-state index in [1.54, 1.807) is 12.1 Å². The van der Waals surface area contributed by atoms with Crippen molar-refractivity contribution < 1.29 is 14.3 Å². The number of esters is 1. The fraction of sp³-hybridized carbons (Fsp3) is 0.263. The minimum atomic E-state index is -0.724. The van der Waals surface area contributed by atoms with Gasteiger partial charge in [0.15, 0.2) is 0 Å². The molecule has 0 unspecified atom stereocenters. The SMILES string of the molecule is COC(=O)[C@H](Cc1ccccc1)NC(=O)c1ccc(N(C)C)cc1. The topological polar surface area (TPSA) is 58.6 Å². The van der Waals surface area contributed by atoms with Crippen LogP contribution in [0.2, 0.25) is 0 Å². The van der Waals surface area contributed by atoms with Crippen molar-refractivity contribution in [2.24, 2.45) is 0 Å². The van der Waals surface area contributed by atoms with E-state index >= 15 is 0 Å². The zero-order valence-electron chi connectivity index (χ0n) is 14.2. The maximum absolute atomic E-state index is 12.4. The van der Waals surface area contributed by atoms with Gasteiger partial charge in [0.05, 0.1) is 7.11 Å². The van der Waals surface area contributed by atoms with Gasteiger partial charge in [-0.3, -0.25) is 4.79 Å². The highest BCUT2D eigenvalue weighted by Crippen LogP contribution is 2.13. The molecule has 1 amide bonds. The Labute approximate surface area is 142 Å². The van der Waals surface area contributed by atoms with Crippen LogP contribution in [0.5, 0.6) is 0 Å². The number of rotatable bonds is 6. The van der Waals surface area contributed by atoms with Crippen molar-refractivity contribution in [3.8, 4) is 0 Å². The Balaban J connectivity index is 2.10. The number of benzene rings is 2. The lowest BCUT2D eigenvalue weighted by atomic mass is 10.1. The second kappa shape index (κ2) is 8.15. The molecule has 0 aliphatic rings. The molecule has 0 saturated heterocycles. The number of methoxy groups -OCH3 is 1. The van der Waals surface area contributed by atoms with Crippen LogP contribution in [0.1, 0.15) is 15.9 Å². The van der Waals surface area contributed by atoms with E-state index in [9.17, 15) is 9.59 Å². The third-order valence-electron chi connectivity index (χ3n) is 3.72. The average Bonchev–Trinajstić information content (AvgIpc) is 2.61. The molecule has 24 heavy (non-hydrogen) atoms. The highest BCUT2D eigenvalue weighted by molar-refractivity contribution is 5.97. The monoisotopic (exact) mass is 326 g/mol. The number of ether oxygens (including phenoxy) is 1. The van der Waals surface area contributed by atoms with Gasteiger partial charge in [-0.2, -0.15) is 0 Å². The van der Waals surface area contributed by atoms with Crippen molar-refractivity contribution in [3.05, 3.63) is 65.7 Å². The first-order valence-corrected chi connectivity index (χ1v) is 7.71. The summed E-state index contributed by atoms with van der Waals surface area (Å²) in [6.45, 7) is 0. The van der Waals surface area contributed by atoms with E-state index in [2.05, 4.69) is 5.32 Å². The van der Waals surface area contributed by atoms with E-state index in [0.717, 1.165) is 11.3 Å². The largest absolute Gasteiger partial charge is 0.467 e. The molecule has 0 bridgehead atoms. The van der Waals surface area contributed by atoms with Crippen molar-refractivity contribution in [1.82, 2.24) is 5.32 Å². The van der Waals surface area contributed by atoms with Gasteiger partial charge in [0.1, 0.15) is 6.04 Å². The van der Waals surface area contributed by atoms with Gasteiger partial charge in [-0.1, -0.05) is 30.3 Å². The van der Waals surface area contributed by atoms with Gasteiger partial charge in [0, 0.05) is 31.8 Å². The fourth-order valence-corrected chi connectivity index (χ4v) is 2.34. The number of hydrogen-bond donors (Lipinski definition) is 1. The molecule has 5 nitrogen and oxygen atoms in total. The average molecular weight is 326 g/mol. The van der Waals surface area contributed by atoms with E-state index in [4.69, 9.17) is 4.74 Å². The summed E-state index contributed by atoms with van der Waals surface area (Å²) in [6.07, 6.45) is 0.384. The molecule has 0 aromatic heterocycles. The van der Waals surface area contributed by atoms with Gasteiger partial charge in [0.2, 0.25) is 0 Å². The predicted molar refractivity (Wildman–Crippen MR) is 94.2 cm³/mol. The Hall–Kier alpha value is -2.82. The van der Waals surface area contributed by atoms with Gasteiger partial charge in [0.25, 0.3) is 5.91 Å². The summed E-state index contributed by atoms with van der Waals surface area (Å²) in [4.78, 5) is 26.4. The van der Waals surface area contributed by atoms with Gasteiger partial charge in [-0.15, -0.1) is 0 Å². The summed E-state index contributed by atoms with van der Waals surface area (Å²) in [6, 6.07) is 16.0. The molecule has 0 saturated carbocycles. The Morgan fingerprint density at radius 1 is 1.04 bits per heavy atom. The number of nitrogens with zero attached hydrogens (tertiary/aromatic N) is 1. The van der Waals surface area contributed by atoms with E-state index in [-0.39, 0.29) is 5.91 Å². The number of anilines is 1. The molecule has 126 valence electrons. The number of carbonyl (C=O) groups excluding carboxylic acids is 2. The fourth-order valence-electron chi connectivity index (χ4n) is 2.34. The third kappa shape index (κ3) is 4.59. The van der Waals surface area contributed by atoms with Crippen molar-refractivity contribution >= 4 is 17.6 Å². The molecule has 0 aliphatic heterocycles. The first-order valence-electron chi connectivity index (χ1n) is 7.71. The first-order chi connectivity index (χ1) is 11.5. The molecular weight excluding hydrogens is 304 g/mol. The van der Waals surface area contributed by atoms with Gasteiger partial charge in [-0.05, 0) is 29.8 Å². The standard InChI is InChI=1S/C19H22N2O3/c1-21(2)16-11-9-15(10-12-16)18(22)20-17(19(23)24-3)13-14-7-5-4-6-8-14/h4-12,17H,13H2,1-3H3,(H,20,22)/t17-/m0/s1. The number of nitrogens with one attached hydrogen (secondary N) is 1. The lowest BCUT2D eigenvalue weighted by Crippen LogP contribution is -2.43. The van der Waals surface area contributed by atoms with Crippen molar-refractivity contribution in [3.63, 3.8) is 0 Å². The molecule has 0 spiro atoms. The molecule has 0 fully saturated rings. The molecule has 2 rings (SSSR count). The highest BCUT2D eigenvalue weighted by Gasteiger charge is 2.22. The van der Waals surface area contributed by atoms with Crippen LogP contribution in [-0.4, -0.2) is 39.1 Å². The minimum Gasteiger partial charge on any atom is -0.467 e. The lowest BCUT2D eigenvalue weighted by molar-refractivity contribution is -0.142. The predicted octanol–water partition coefficient (Wildman–Crippen LogP) is 2.27. The summed E-state index contributed by atoms with van der Waals surface area (Å²) in [5.41, 5.74) is 2.46. The summed E-state index contributed by atoms with van der Waals surface area (Å²) >= 11 is 0. The molecule has 2 aromatic rings. The smallest absolute Gasteiger partial charge is 0.328 e. The maximum Gasteiger partial charge on any atom is 0.328 e. The summed E-state index contributed by atoms with van der Waals surface area (Å²) in [5, 5.41) is 2.75. The molecule has 1 atom stereocenters. The molecule has 0 radical (unpaired) electrons. The lowest BCUT2D eigenvalue weighted by Gasteiger charge is -2.17. The quantitative estimate of drug-likeness (QED) is 0.827. The first kappa shape index (κ1) is 17.5. The highest BCUT2D eigenvalue weighted by atomic mass is 16.5. The van der Waals surface area contributed by atoms with Crippen molar-refractivity contribution in [2.45, 2.75) is 12.5 Å². The van der Waals surface area contributed by atoms with Crippen LogP contribution in [0.4, 0.5) is 5.69 Å². The second-order valence-electron chi connectivity index (χ2n) is 5.68. The summed E-state index contributed by atoms with van der Waals surface area (Å²) in [7, 11) is 5.18. The Bertz CT molecular complexity index is 682. The second-order valence-corrected chi connectivity index (χ2v) is 5.68. The molecule has 2 aromatic carbocycles. The molecular formula is C19H22N2O3. The minimum absolute atomic E-state index is 0.299. The Morgan fingerprint density at radius 2 is 1.67 bits per heavy atom. The molecule has 1 N–H and O–H groups in total. The van der Waals surface area contributed by atoms with Crippen LogP contribution in [0.25, 0.3) is 0 Å². The third-order valence-corrected chi connectivity index (χ3v) is 3.72. The summed E-state index contributed by atoms with van der Waals surface area (Å²) < 4.78 is 4.81. The van der Waals surface area contributed by atoms with Crippen LogP contribution < -0.4 is 10.2 Å². The van der Waals surface area contributed by atoms with Crippen LogP contribution in [0.15, 0.2) is 54.6 Å². The van der Waals surface area contributed by atoms with Crippen LogP contribution in [-0.2, 0) is 16.0 Å². The van der Waals surface area contributed by atoms with Crippen molar-refractivity contribution in [2.75, 3.05) is 26.1 Å². The van der Waals surface area contributed by atoms with Gasteiger partial charge in [-0.25, -0.2) is 4.79 Å². The van der Waals surface area contributed by atoms with E-state index < -0.39 is 12.0 Å². The van der Waals surface area contributed by atoms with Gasteiger partial charge >= 0.3 is 5.97 Å². The van der Waals surface area contributed by atoms with Crippen molar-refractivity contribution in [1.29, 1.82) is 0 Å². The van der Waals surface area contributed by atoms with Gasteiger partial charge < -0.3 is 15.0 Å². The van der Waals surface area contributed by atoms with Crippen LogP contribution in [0.3, 0.4) is 0 Å². The number of carbonyl (C=O) groups is 2. The molecule has 5 heteroatoms. The number of amides is 1. The number of hydrogen-bond acceptors (Lipinski definition) is 4. The normalized spacial score (nSPS) is 11.5.